The SMILES string of the molecule is CCNc1nccc(NC(C)c2ccc(C)s2)n1. The third-order valence-electron chi connectivity index (χ3n) is 2.54. The van der Waals surface area contributed by atoms with Crippen LogP contribution in [0.25, 0.3) is 0 Å². The van der Waals surface area contributed by atoms with Crippen LogP contribution >= 0.6 is 11.3 Å². The molecule has 2 N–H and O–H groups in total. The van der Waals surface area contributed by atoms with E-state index in [1.807, 2.05) is 24.3 Å². The second-order valence-corrected chi connectivity index (χ2v) is 5.43. The molecule has 2 aromatic rings. The predicted octanol–water partition coefficient (Wildman–Crippen LogP) is 3.45. The van der Waals surface area contributed by atoms with Gasteiger partial charge in [-0.1, -0.05) is 0 Å². The van der Waals surface area contributed by atoms with Crippen LogP contribution in [0.3, 0.4) is 0 Å². The Labute approximate surface area is 111 Å². The van der Waals surface area contributed by atoms with E-state index in [9.17, 15) is 0 Å². The minimum Gasteiger partial charge on any atom is -0.363 e. The fourth-order valence-corrected chi connectivity index (χ4v) is 2.54. The molecule has 96 valence electrons. The summed E-state index contributed by atoms with van der Waals surface area (Å²) in [6.45, 7) is 7.11. The molecular weight excluding hydrogens is 244 g/mol. The highest BCUT2D eigenvalue weighted by Gasteiger charge is 2.08. The molecule has 2 heterocycles. The Morgan fingerprint density at radius 1 is 1.33 bits per heavy atom. The largest absolute Gasteiger partial charge is 0.363 e. The number of thiophene rings is 1. The third kappa shape index (κ3) is 3.20. The van der Waals surface area contributed by atoms with Crippen molar-refractivity contribution in [3.63, 3.8) is 0 Å². The highest BCUT2D eigenvalue weighted by molar-refractivity contribution is 7.12. The molecule has 5 heteroatoms. The Bertz CT molecular complexity index is 509. The topological polar surface area (TPSA) is 49.8 Å². The number of hydrogen-bond acceptors (Lipinski definition) is 5. The van der Waals surface area contributed by atoms with Crippen molar-refractivity contribution in [3.05, 3.63) is 34.2 Å². The van der Waals surface area contributed by atoms with Crippen LogP contribution in [-0.2, 0) is 0 Å². The fourth-order valence-electron chi connectivity index (χ4n) is 1.66. The minimum absolute atomic E-state index is 0.257. The minimum atomic E-state index is 0.257. The monoisotopic (exact) mass is 262 g/mol. The molecule has 1 atom stereocenters. The molecule has 1 unspecified atom stereocenters. The molecular formula is C13H18N4S. The van der Waals surface area contributed by atoms with E-state index in [-0.39, 0.29) is 6.04 Å². The zero-order valence-corrected chi connectivity index (χ0v) is 11.7. The van der Waals surface area contributed by atoms with Gasteiger partial charge in [-0.15, -0.1) is 11.3 Å². The van der Waals surface area contributed by atoms with E-state index >= 15 is 0 Å². The van der Waals surface area contributed by atoms with Gasteiger partial charge in [0.2, 0.25) is 5.95 Å². The van der Waals surface area contributed by atoms with Crippen LogP contribution in [0.5, 0.6) is 0 Å². The first kappa shape index (κ1) is 12.8. The standard InChI is InChI=1S/C13H18N4S/c1-4-14-13-15-8-7-12(17-13)16-10(3)11-6-5-9(2)18-11/h5-8,10H,4H2,1-3H3,(H2,14,15,16,17). The van der Waals surface area contributed by atoms with E-state index < -0.39 is 0 Å². The second-order valence-electron chi connectivity index (χ2n) is 4.11. The molecule has 0 saturated heterocycles. The first-order valence-corrected chi connectivity index (χ1v) is 6.90. The molecule has 0 aromatic carbocycles. The van der Waals surface area contributed by atoms with Gasteiger partial charge >= 0.3 is 0 Å². The molecule has 0 radical (unpaired) electrons. The summed E-state index contributed by atoms with van der Waals surface area (Å²) in [7, 11) is 0. The molecule has 0 amide bonds. The van der Waals surface area contributed by atoms with Gasteiger partial charge in [-0.3, -0.25) is 0 Å². The van der Waals surface area contributed by atoms with E-state index in [4.69, 9.17) is 0 Å². The number of anilines is 2. The number of rotatable bonds is 5. The van der Waals surface area contributed by atoms with Crippen molar-refractivity contribution < 1.29 is 0 Å². The van der Waals surface area contributed by atoms with Gasteiger partial charge in [0.15, 0.2) is 0 Å². The smallest absolute Gasteiger partial charge is 0.224 e. The lowest BCUT2D eigenvalue weighted by Gasteiger charge is -2.13. The molecule has 0 aliphatic rings. The number of nitrogens with zero attached hydrogens (tertiary/aromatic N) is 2. The Morgan fingerprint density at radius 3 is 2.83 bits per heavy atom. The first-order chi connectivity index (χ1) is 8.69. The quantitative estimate of drug-likeness (QED) is 0.866. The number of aromatic nitrogens is 2. The average molecular weight is 262 g/mol. The summed E-state index contributed by atoms with van der Waals surface area (Å²) in [6, 6.07) is 6.44. The van der Waals surface area contributed by atoms with Gasteiger partial charge in [0.25, 0.3) is 0 Å². The highest BCUT2D eigenvalue weighted by Crippen LogP contribution is 2.25. The number of aryl methyl sites for hydroxylation is 1. The van der Waals surface area contributed by atoms with E-state index in [1.165, 1.54) is 9.75 Å². The van der Waals surface area contributed by atoms with Gasteiger partial charge < -0.3 is 10.6 Å². The first-order valence-electron chi connectivity index (χ1n) is 6.09. The van der Waals surface area contributed by atoms with Gasteiger partial charge in [-0.2, -0.15) is 4.98 Å². The molecule has 0 aliphatic carbocycles. The number of hydrogen-bond donors (Lipinski definition) is 2. The second kappa shape index (κ2) is 5.82. The van der Waals surface area contributed by atoms with Crippen LogP contribution in [0, 0.1) is 6.92 Å². The van der Waals surface area contributed by atoms with Crippen LogP contribution < -0.4 is 10.6 Å². The molecule has 0 bridgehead atoms. The van der Waals surface area contributed by atoms with Crippen LogP contribution in [0.15, 0.2) is 24.4 Å². The normalized spacial score (nSPS) is 12.2. The van der Waals surface area contributed by atoms with Crippen molar-refractivity contribution in [2.75, 3.05) is 17.2 Å². The van der Waals surface area contributed by atoms with Crippen molar-refractivity contribution in [3.8, 4) is 0 Å². The van der Waals surface area contributed by atoms with Crippen molar-refractivity contribution in [2.45, 2.75) is 26.8 Å². The summed E-state index contributed by atoms with van der Waals surface area (Å²) >= 11 is 1.81. The maximum absolute atomic E-state index is 4.41. The zero-order chi connectivity index (χ0) is 13.0. The average Bonchev–Trinajstić information content (AvgIpc) is 2.77. The van der Waals surface area contributed by atoms with Crippen LogP contribution in [0.1, 0.15) is 29.6 Å². The Balaban J connectivity index is 2.06. The summed E-state index contributed by atoms with van der Waals surface area (Å²) in [4.78, 5) is 11.2. The van der Waals surface area contributed by atoms with Crippen LogP contribution in [0.2, 0.25) is 0 Å². The van der Waals surface area contributed by atoms with E-state index in [0.717, 1.165) is 12.4 Å². The van der Waals surface area contributed by atoms with E-state index in [1.54, 1.807) is 6.20 Å². The summed E-state index contributed by atoms with van der Waals surface area (Å²) in [6.07, 6.45) is 1.76. The molecule has 0 aliphatic heterocycles. The summed E-state index contributed by atoms with van der Waals surface area (Å²) < 4.78 is 0. The highest BCUT2D eigenvalue weighted by atomic mass is 32.1. The van der Waals surface area contributed by atoms with Gasteiger partial charge in [0.1, 0.15) is 5.82 Å². The van der Waals surface area contributed by atoms with Crippen LogP contribution in [-0.4, -0.2) is 16.5 Å². The Kier molecular flexibility index (Phi) is 4.15. The third-order valence-corrected chi connectivity index (χ3v) is 3.73. The summed E-state index contributed by atoms with van der Waals surface area (Å²) in [5.74, 6) is 1.51. The van der Waals surface area contributed by atoms with Crippen LogP contribution in [0.4, 0.5) is 11.8 Å². The van der Waals surface area contributed by atoms with Crippen molar-refractivity contribution in [1.29, 1.82) is 0 Å². The van der Waals surface area contributed by atoms with E-state index in [0.29, 0.717) is 5.95 Å². The lowest BCUT2D eigenvalue weighted by atomic mass is 10.2. The molecule has 4 nitrogen and oxygen atoms in total. The van der Waals surface area contributed by atoms with Crippen molar-refractivity contribution >= 4 is 23.1 Å². The van der Waals surface area contributed by atoms with Gasteiger partial charge in [0, 0.05) is 22.5 Å². The molecule has 2 aromatic heterocycles. The summed E-state index contributed by atoms with van der Waals surface area (Å²) in [5.41, 5.74) is 0. The van der Waals surface area contributed by atoms with Gasteiger partial charge in [0.05, 0.1) is 6.04 Å². The van der Waals surface area contributed by atoms with Gasteiger partial charge in [-0.05, 0) is 39.0 Å². The Morgan fingerprint density at radius 2 is 2.17 bits per heavy atom. The maximum atomic E-state index is 4.41. The predicted molar refractivity (Wildman–Crippen MR) is 77.3 cm³/mol. The molecule has 18 heavy (non-hydrogen) atoms. The van der Waals surface area contributed by atoms with Crippen molar-refractivity contribution in [1.82, 2.24) is 9.97 Å². The van der Waals surface area contributed by atoms with E-state index in [2.05, 4.69) is 46.6 Å². The molecule has 0 saturated carbocycles. The van der Waals surface area contributed by atoms with Gasteiger partial charge in [-0.25, -0.2) is 4.98 Å². The fraction of sp³-hybridized carbons (Fsp3) is 0.385. The molecule has 0 fully saturated rings. The summed E-state index contributed by atoms with van der Waals surface area (Å²) in [5, 5.41) is 6.50. The maximum Gasteiger partial charge on any atom is 0.224 e. The molecule has 2 rings (SSSR count). The van der Waals surface area contributed by atoms with Crippen molar-refractivity contribution in [2.24, 2.45) is 0 Å². The zero-order valence-electron chi connectivity index (χ0n) is 10.9. The lowest BCUT2D eigenvalue weighted by Crippen LogP contribution is -2.08. The molecule has 0 spiro atoms. The lowest BCUT2D eigenvalue weighted by molar-refractivity contribution is 0.892. The number of nitrogens with one attached hydrogen (secondary N) is 2. The Hall–Kier alpha value is -1.62.